The first-order valence-corrected chi connectivity index (χ1v) is 13.9. The molecule has 0 spiro atoms. The quantitative estimate of drug-likeness (QED) is 0.521. The van der Waals surface area contributed by atoms with Crippen molar-refractivity contribution in [2.75, 3.05) is 19.6 Å². The number of carbonyl (C=O) groups excluding carboxylic acids is 1. The molecule has 0 atom stereocenters. The van der Waals surface area contributed by atoms with Crippen molar-refractivity contribution in [1.29, 1.82) is 0 Å². The summed E-state index contributed by atoms with van der Waals surface area (Å²) in [5, 5.41) is 6.03. The molecule has 0 unspecified atom stereocenters. The van der Waals surface area contributed by atoms with Crippen LogP contribution in [-0.2, 0) is 21.2 Å². The molecular weight excluding hydrogens is 466 g/mol. The van der Waals surface area contributed by atoms with Crippen LogP contribution in [0.5, 0.6) is 0 Å². The van der Waals surface area contributed by atoms with Crippen LogP contribution in [0.2, 0.25) is 0 Å². The summed E-state index contributed by atoms with van der Waals surface area (Å²) < 4.78 is 28.1. The lowest BCUT2D eigenvalue weighted by Crippen LogP contribution is -2.43. The maximum atomic E-state index is 13.3. The number of benzene rings is 2. The van der Waals surface area contributed by atoms with Crippen molar-refractivity contribution in [3.05, 3.63) is 70.2 Å². The molecule has 180 valence electrons. The third-order valence-corrected chi connectivity index (χ3v) is 9.43. The van der Waals surface area contributed by atoms with Crippen LogP contribution in [0, 0.1) is 26.7 Å². The van der Waals surface area contributed by atoms with E-state index in [1.54, 1.807) is 11.3 Å². The first kappa shape index (κ1) is 24.6. The summed E-state index contributed by atoms with van der Waals surface area (Å²) in [6.07, 6.45) is 1.74. The highest BCUT2D eigenvalue weighted by Crippen LogP contribution is 2.29. The summed E-state index contributed by atoms with van der Waals surface area (Å²) in [4.78, 5) is 17.8. The smallest absolute Gasteiger partial charge is 0.243 e. The van der Waals surface area contributed by atoms with Gasteiger partial charge in [-0.3, -0.25) is 4.79 Å². The lowest BCUT2D eigenvalue weighted by molar-refractivity contribution is -0.126. The number of hydrogen-bond donors (Lipinski definition) is 1. The minimum Gasteiger partial charge on any atom is -0.355 e. The molecular formula is C26H31N3O3S2. The van der Waals surface area contributed by atoms with Crippen molar-refractivity contribution in [2.45, 2.75) is 44.9 Å². The fourth-order valence-electron chi connectivity index (χ4n) is 4.65. The normalized spacial score (nSPS) is 15.4. The van der Waals surface area contributed by atoms with E-state index in [0.717, 1.165) is 33.0 Å². The van der Waals surface area contributed by atoms with Crippen molar-refractivity contribution in [2.24, 2.45) is 5.92 Å². The maximum Gasteiger partial charge on any atom is 0.243 e. The SMILES string of the molecule is Cc1cc(C)c(S(=O)(=O)N2CCC(C(=O)NCCc3csc(-c4ccccc4)n3)CC2)c(C)c1. The third kappa shape index (κ3) is 5.40. The zero-order chi connectivity index (χ0) is 24.3. The zero-order valence-electron chi connectivity index (χ0n) is 19.9. The van der Waals surface area contributed by atoms with Gasteiger partial charge in [0, 0.05) is 42.9 Å². The van der Waals surface area contributed by atoms with Gasteiger partial charge in [0.15, 0.2) is 0 Å². The molecule has 1 aliphatic rings. The Morgan fingerprint density at radius 3 is 2.38 bits per heavy atom. The second-order valence-corrected chi connectivity index (χ2v) is 11.7. The van der Waals surface area contributed by atoms with Gasteiger partial charge in [-0.05, 0) is 44.7 Å². The number of carbonyl (C=O) groups is 1. The Balaban J connectivity index is 1.28. The highest BCUT2D eigenvalue weighted by molar-refractivity contribution is 7.89. The summed E-state index contributed by atoms with van der Waals surface area (Å²) in [5.74, 6) is -0.166. The number of nitrogens with zero attached hydrogens (tertiary/aromatic N) is 2. The Morgan fingerprint density at radius 2 is 1.74 bits per heavy atom. The highest BCUT2D eigenvalue weighted by atomic mass is 32.2. The molecule has 3 aromatic rings. The fourth-order valence-corrected chi connectivity index (χ4v) is 7.40. The first-order valence-electron chi connectivity index (χ1n) is 11.6. The molecule has 1 aliphatic heterocycles. The van der Waals surface area contributed by atoms with Crippen molar-refractivity contribution in [3.8, 4) is 10.6 Å². The standard InChI is InChI=1S/C26H31N3O3S2/c1-18-15-19(2)24(20(3)16-18)34(31,32)29-13-10-21(11-14-29)25(30)27-12-9-23-17-33-26(28-23)22-7-5-4-6-8-22/h4-8,15-17,21H,9-14H2,1-3H3,(H,27,30). The van der Waals surface area contributed by atoms with Crippen LogP contribution in [0.4, 0.5) is 0 Å². The molecule has 4 rings (SSSR count). The van der Waals surface area contributed by atoms with Gasteiger partial charge in [-0.2, -0.15) is 4.31 Å². The molecule has 0 saturated carbocycles. The molecule has 2 aromatic carbocycles. The van der Waals surface area contributed by atoms with E-state index in [0.29, 0.717) is 43.8 Å². The third-order valence-electron chi connectivity index (χ3n) is 6.28. The van der Waals surface area contributed by atoms with Crippen molar-refractivity contribution >= 4 is 27.3 Å². The van der Waals surface area contributed by atoms with Crippen molar-refractivity contribution in [3.63, 3.8) is 0 Å². The Labute approximate surface area is 206 Å². The second-order valence-electron chi connectivity index (χ2n) is 8.96. The van der Waals surface area contributed by atoms with E-state index in [1.165, 1.54) is 4.31 Å². The molecule has 0 radical (unpaired) electrons. The molecule has 1 saturated heterocycles. The van der Waals surface area contributed by atoms with Crippen LogP contribution >= 0.6 is 11.3 Å². The number of piperidine rings is 1. The second kappa shape index (κ2) is 10.4. The van der Waals surface area contributed by atoms with Gasteiger partial charge in [0.05, 0.1) is 10.6 Å². The number of thiazole rings is 1. The molecule has 0 bridgehead atoms. The Morgan fingerprint density at radius 1 is 1.09 bits per heavy atom. The highest BCUT2D eigenvalue weighted by Gasteiger charge is 2.33. The van der Waals surface area contributed by atoms with E-state index in [-0.39, 0.29) is 11.8 Å². The number of sulfonamides is 1. The molecule has 2 heterocycles. The average Bonchev–Trinajstić information content (AvgIpc) is 3.28. The van der Waals surface area contributed by atoms with E-state index >= 15 is 0 Å². The number of nitrogens with one attached hydrogen (secondary N) is 1. The summed E-state index contributed by atoms with van der Waals surface area (Å²) in [6, 6.07) is 13.9. The van der Waals surface area contributed by atoms with Gasteiger partial charge in [-0.25, -0.2) is 13.4 Å². The van der Waals surface area contributed by atoms with Crippen LogP contribution in [0.25, 0.3) is 10.6 Å². The predicted octanol–water partition coefficient (Wildman–Crippen LogP) is 4.49. The molecule has 1 N–H and O–H groups in total. The molecule has 1 aromatic heterocycles. The van der Waals surface area contributed by atoms with Gasteiger partial charge >= 0.3 is 0 Å². The van der Waals surface area contributed by atoms with Crippen molar-refractivity contribution < 1.29 is 13.2 Å². The van der Waals surface area contributed by atoms with Gasteiger partial charge in [-0.15, -0.1) is 11.3 Å². The topological polar surface area (TPSA) is 79.4 Å². The number of amides is 1. The zero-order valence-corrected chi connectivity index (χ0v) is 21.5. The monoisotopic (exact) mass is 497 g/mol. The predicted molar refractivity (Wildman–Crippen MR) is 136 cm³/mol. The van der Waals surface area contributed by atoms with Gasteiger partial charge in [0.1, 0.15) is 5.01 Å². The van der Waals surface area contributed by atoms with Crippen LogP contribution < -0.4 is 5.32 Å². The summed E-state index contributed by atoms with van der Waals surface area (Å²) in [5.41, 5.74) is 4.66. The number of aromatic nitrogens is 1. The Hall–Kier alpha value is -2.55. The van der Waals surface area contributed by atoms with Crippen molar-refractivity contribution in [1.82, 2.24) is 14.6 Å². The summed E-state index contributed by atoms with van der Waals surface area (Å²) >= 11 is 1.61. The minimum absolute atomic E-state index is 0.00161. The fraction of sp³-hybridized carbons (Fsp3) is 0.385. The molecule has 1 fully saturated rings. The Kier molecular flexibility index (Phi) is 7.50. The van der Waals surface area contributed by atoms with Gasteiger partial charge in [0.25, 0.3) is 0 Å². The van der Waals surface area contributed by atoms with Crippen LogP contribution in [-0.4, -0.2) is 43.2 Å². The average molecular weight is 498 g/mol. The lowest BCUT2D eigenvalue weighted by Gasteiger charge is -2.31. The van der Waals surface area contributed by atoms with Gasteiger partial charge in [-0.1, -0.05) is 48.0 Å². The number of hydrogen-bond acceptors (Lipinski definition) is 5. The number of rotatable bonds is 7. The summed E-state index contributed by atoms with van der Waals surface area (Å²) in [6.45, 7) is 6.91. The largest absolute Gasteiger partial charge is 0.355 e. The van der Waals surface area contributed by atoms with E-state index in [2.05, 4.69) is 10.3 Å². The molecule has 0 aliphatic carbocycles. The minimum atomic E-state index is -3.57. The molecule has 6 nitrogen and oxygen atoms in total. The van der Waals surface area contributed by atoms with Gasteiger partial charge < -0.3 is 5.32 Å². The number of aryl methyl sites for hydroxylation is 3. The van der Waals surface area contributed by atoms with E-state index in [1.807, 2.05) is 68.6 Å². The summed E-state index contributed by atoms with van der Waals surface area (Å²) in [7, 11) is -3.57. The van der Waals surface area contributed by atoms with Gasteiger partial charge in [0.2, 0.25) is 15.9 Å². The maximum absolute atomic E-state index is 13.3. The van der Waals surface area contributed by atoms with Crippen LogP contribution in [0.3, 0.4) is 0 Å². The van der Waals surface area contributed by atoms with E-state index < -0.39 is 10.0 Å². The van der Waals surface area contributed by atoms with Crippen LogP contribution in [0.15, 0.2) is 52.7 Å². The van der Waals surface area contributed by atoms with E-state index in [4.69, 9.17) is 0 Å². The molecule has 34 heavy (non-hydrogen) atoms. The molecule has 1 amide bonds. The Bertz CT molecular complexity index is 1240. The van der Waals surface area contributed by atoms with Crippen LogP contribution in [0.1, 0.15) is 35.2 Å². The lowest BCUT2D eigenvalue weighted by atomic mass is 9.97. The van der Waals surface area contributed by atoms with E-state index in [9.17, 15) is 13.2 Å². The first-order chi connectivity index (χ1) is 16.3. The molecule has 8 heteroatoms.